The Kier molecular flexibility index (Phi) is 7.89. The van der Waals surface area contributed by atoms with Crippen LogP contribution in [0.2, 0.25) is 0 Å². The maximum atomic E-state index is 9.09. The maximum Gasteiger partial charge on any atom is 0.0994 e. The highest BCUT2D eigenvalue weighted by atomic mass is 14.3. The Hall–Kier alpha value is -1.55. The van der Waals surface area contributed by atoms with Gasteiger partial charge >= 0.3 is 0 Å². The fourth-order valence-electron chi connectivity index (χ4n) is 1.60. The highest BCUT2D eigenvalue weighted by molar-refractivity contribution is 5.43. The van der Waals surface area contributed by atoms with Gasteiger partial charge in [0.25, 0.3) is 0 Å². The summed E-state index contributed by atoms with van der Waals surface area (Å²) in [5, 5.41) is 9.09. The molecule has 0 fully saturated rings. The molecule has 0 aliphatic heterocycles. The summed E-state index contributed by atoms with van der Waals surface area (Å²) in [6.45, 7) is 11.7. The lowest BCUT2D eigenvalue weighted by Gasteiger charge is -2.13. The van der Waals surface area contributed by atoms with Crippen LogP contribution in [0, 0.1) is 17.2 Å². The minimum atomic E-state index is 0.390. The summed E-state index contributed by atoms with van der Waals surface area (Å²) in [6, 6.07) is 2.22. The summed E-state index contributed by atoms with van der Waals surface area (Å²) in [7, 11) is 0. The summed E-state index contributed by atoms with van der Waals surface area (Å²) < 4.78 is 0. The SMILES string of the molecule is C=C/C=C\C(C#N)=C(/C=C)C(C)CCCC. The largest absolute Gasteiger partial charge is 0.192 e. The third-order valence-electron chi connectivity index (χ3n) is 2.57. The molecule has 0 saturated carbocycles. The molecule has 0 aliphatic rings. The summed E-state index contributed by atoms with van der Waals surface area (Å²) in [6.07, 6.45) is 10.5. The van der Waals surface area contributed by atoms with Gasteiger partial charge in [0.15, 0.2) is 0 Å². The Morgan fingerprint density at radius 2 is 2.12 bits per heavy atom. The fraction of sp³-hybridized carbons (Fsp3) is 0.400. The lowest BCUT2D eigenvalue weighted by Crippen LogP contribution is -2.00. The summed E-state index contributed by atoms with van der Waals surface area (Å²) >= 11 is 0. The van der Waals surface area contributed by atoms with Gasteiger partial charge in [0.1, 0.15) is 0 Å². The van der Waals surface area contributed by atoms with Gasteiger partial charge in [-0.2, -0.15) is 5.26 Å². The number of nitriles is 1. The lowest BCUT2D eigenvalue weighted by atomic mass is 9.91. The van der Waals surface area contributed by atoms with Crippen molar-refractivity contribution in [3.8, 4) is 6.07 Å². The summed E-state index contributed by atoms with van der Waals surface area (Å²) in [5.74, 6) is 0.390. The molecule has 0 aromatic heterocycles. The number of hydrogen-bond donors (Lipinski definition) is 0. The Bertz CT molecular complexity index is 326. The Morgan fingerprint density at radius 1 is 1.44 bits per heavy atom. The van der Waals surface area contributed by atoms with E-state index in [-0.39, 0.29) is 0 Å². The van der Waals surface area contributed by atoms with Crippen molar-refractivity contribution in [1.82, 2.24) is 0 Å². The second-order valence-corrected chi connectivity index (χ2v) is 3.82. The molecule has 0 amide bonds. The van der Waals surface area contributed by atoms with Crippen LogP contribution in [0.3, 0.4) is 0 Å². The monoisotopic (exact) mass is 215 g/mol. The van der Waals surface area contributed by atoms with Gasteiger partial charge in [-0.25, -0.2) is 0 Å². The van der Waals surface area contributed by atoms with Gasteiger partial charge < -0.3 is 0 Å². The minimum absolute atomic E-state index is 0.390. The molecule has 0 aromatic rings. The van der Waals surface area contributed by atoms with Crippen molar-refractivity contribution >= 4 is 0 Å². The van der Waals surface area contributed by atoms with E-state index in [1.807, 2.05) is 0 Å². The van der Waals surface area contributed by atoms with Gasteiger partial charge in [0.2, 0.25) is 0 Å². The van der Waals surface area contributed by atoms with Crippen LogP contribution in [-0.2, 0) is 0 Å². The first-order chi connectivity index (χ1) is 7.71. The van der Waals surface area contributed by atoms with Gasteiger partial charge in [-0.3, -0.25) is 0 Å². The molecule has 0 rings (SSSR count). The van der Waals surface area contributed by atoms with E-state index in [0.717, 1.165) is 12.0 Å². The zero-order chi connectivity index (χ0) is 12.4. The highest BCUT2D eigenvalue weighted by Crippen LogP contribution is 2.22. The molecule has 0 bridgehead atoms. The van der Waals surface area contributed by atoms with Crippen molar-refractivity contribution in [3.05, 3.63) is 48.6 Å². The average Bonchev–Trinajstić information content (AvgIpc) is 2.31. The van der Waals surface area contributed by atoms with Crippen LogP contribution in [0.5, 0.6) is 0 Å². The molecule has 86 valence electrons. The molecule has 0 aliphatic carbocycles. The van der Waals surface area contributed by atoms with E-state index in [1.54, 1.807) is 24.3 Å². The molecule has 0 aromatic carbocycles. The fourth-order valence-corrected chi connectivity index (χ4v) is 1.60. The molecule has 1 unspecified atom stereocenters. The van der Waals surface area contributed by atoms with Gasteiger partial charge in [-0.1, -0.05) is 58.1 Å². The molecule has 1 heteroatoms. The number of nitrogens with zero attached hydrogens (tertiary/aromatic N) is 1. The van der Waals surface area contributed by atoms with E-state index in [1.165, 1.54) is 12.8 Å². The standard InChI is InChI=1S/C15H21N/c1-5-8-10-13(4)15(7-3)14(12-16)11-9-6-2/h6-7,9,11,13H,2-3,5,8,10H2,1,4H3/b11-9-,15-14-. The van der Waals surface area contributed by atoms with Crippen LogP contribution >= 0.6 is 0 Å². The number of hydrogen-bond acceptors (Lipinski definition) is 1. The summed E-state index contributed by atoms with van der Waals surface area (Å²) in [5.41, 5.74) is 1.73. The average molecular weight is 215 g/mol. The molecular formula is C15H21N. The quantitative estimate of drug-likeness (QED) is 0.451. The zero-order valence-electron chi connectivity index (χ0n) is 10.4. The molecule has 0 heterocycles. The third kappa shape index (κ3) is 4.79. The molecular weight excluding hydrogens is 194 g/mol. The first kappa shape index (κ1) is 14.5. The van der Waals surface area contributed by atoms with E-state index in [4.69, 9.17) is 5.26 Å². The van der Waals surface area contributed by atoms with E-state index in [0.29, 0.717) is 11.5 Å². The molecule has 0 N–H and O–H groups in total. The van der Waals surface area contributed by atoms with Crippen LogP contribution in [0.1, 0.15) is 33.1 Å². The van der Waals surface area contributed by atoms with Crippen LogP contribution in [0.25, 0.3) is 0 Å². The van der Waals surface area contributed by atoms with Crippen molar-refractivity contribution in [3.63, 3.8) is 0 Å². The molecule has 16 heavy (non-hydrogen) atoms. The molecule has 1 atom stereocenters. The predicted molar refractivity (Wildman–Crippen MR) is 70.9 cm³/mol. The first-order valence-corrected chi connectivity index (χ1v) is 5.77. The number of unbranched alkanes of at least 4 members (excludes halogenated alkanes) is 1. The predicted octanol–water partition coefficient (Wildman–Crippen LogP) is 4.56. The lowest BCUT2D eigenvalue weighted by molar-refractivity contribution is 0.580. The van der Waals surface area contributed by atoms with Crippen LogP contribution in [-0.4, -0.2) is 0 Å². The smallest absolute Gasteiger partial charge is 0.0994 e. The van der Waals surface area contributed by atoms with Gasteiger partial charge in [-0.05, 0) is 24.0 Å². The molecule has 0 saturated heterocycles. The van der Waals surface area contributed by atoms with Crippen LogP contribution in [0.15, 0.2) is 48.6 Å². The van der Waals surface area contributed by atoms with Gasteiger partial charge in [0, 0.05) is 0 Å². The first-order valence-electron chi connectivity index (χ1n) is 5.77. The van der Waals surface area contributed by atoms with Gasteiger partial charge in [-0.15, -0.1) is 0 Å². The Labute approximate surface area is 99.5 Å². The molecule has 0 spiro atoms. The van der Waals surface area contributed by atoms with E-state index in [2.05, 4.69) is 33.1 Å². The van der Waals surface area contributed by atoms with Crippen molar-refractivity contribution in [2.45, 2.75) is 33.1 Å². The second-order valence-electron chi connectivity index (χ2n) is 3.82. The maximum absolute atomic E-state index is 9.09. The minimum Gasteiger partial charge on any atom is -0.192 e. The Morgan fingerprint density at radius 3 is 2.56 bits per heavy atom. The van der Waals surface area contributed by atoms with E-state index in [9.17, 15) is 0 Å². The van der Waals surface area contributed by atoms with Crippen molar-refractivity contribution in [2.24, 2.45) is 5.92 Å². The summed E-state index contributed by atoms with van der Waals surface area (Å²) in [4.78, 5) is 0. The van der Waals surface area contributed by atoms with Crippen molar-refractivity contribution in [1.29, 1.82) is 5.26 Å². The number of allylic oxidation sites excluding steroid dienone is 6. The van der Waals surface area contributed by atoms with Crippen LogP contribution < -0.4 is 0 Å². The van der Waals surface area contributed by atoms with E-state index >= 15 is 0 Å². The van der Waals surface area contributed by atoms with Gasteiger partial charge in [0.05, 0.1) is 11.6 Å². The Balaban J connectivity index is 4.95. The highest BCUT2D eigenvalue weighted by Gasteiger charge is 2.09. The van der Waals surface area contributed by atoms with Crippen molar-refractivity contribution in [2.75, 3.05) is 0 Å². The zero-order valence-corrected chi connectivity index (χ0v) is 10.4. The number of rotatable bonds is 7. The normalized spacial score (nSPS) is 14.1. The van der Waals surface area contributed by atoms with Crippen molar-refractivity contribution < 1.29 is 0 Å². The molecule has 0 radical (unpaired) electrons. The third-order valence-corrected chi connectivity index (χ3v) is 2.57. The van der Waals surface area contributed by atoms with E-state index < -0.39 is 0 Å². The second kappa shape index (κ2) is 8.73. The topological polar surface area (TPSA) is 23.8 Å². The van der Waals surface area contributed by atoms with Crippen LogP contribution in [0.4, 0.5) is 0 Å². The molecule has 1 nitrogen and oxygen atoms in total.